The zero-order valence-electron chi connectivity index (χ0n) is 13.3. The van der Waals surface area contributed by atoms with Crippen LogP contribution in [0.2, 0.25) is 10.0 Å². The minimum Gasteiger partial charge on any atom is -0.444 e. The molecule has 2 aromatic rings. The molecule has 5 nitrogen and oxygen atoms in total. The monoisotopic (exact) mass is 366 g/mol. The number of cyclic esters (lactones) is 1. The first kappa shape index (κ1) is 16.9. The number of hydrogen-bond donors (Lipinski definition) is 0. The molecule has 0 bridgehead atoms. The summed E-state index contributed by atoms with van der Waals surface area (Å²) in [6.07, 6.45) is 1.13. The van der Waals surface area contributed by atoms with Crippen molar-refractivity contribution in [1.29, 1.82) is 0 Å². The van der Waals surface area contributed by atoms with Crippen molar-refractivity contribution in [2.45, 2.75) is 26.5 Å². The Labute approximate surface area is 150 Å². The van der Waals surface area contributed by atoms with Gasteiger partial charge >= 0.3 is 6.09 Å². The molecule has 1 saturated heterocycles. The van der Waals surface area contributed by atoms with Gasteiger partial charge in [-0.25, -0.2) is 9.78 Å². The van der Waals surface area contributed by atoms with Crippen LogP contribution in [-0.4, -0.2) is 28.6 Å². The first-order valence-electron chi connectivity index (χ1n) is 7.46. The molecule has 1 atom stereocenters. The minimum atomic E-state index is -0.280. The Morgan fingerprint density at radius 1 is 1.38 bits per heavy atom. The van der Waals surface area contributed by atoms with Crippen molar-refractivity contribution in [3.05, 3.63) is 51.6 Å². The van der Waals surface area contributed by atoms with Crippen LogP contribution >= 0.6 is 23.2 Å². The van der Waals surface area contributed by atoms with Gasteiger partial charge in [-0.2, -0.15) is 0 Å². The number of nitrogens with zero attached hydrogens (tertiary/aromatic N) is 2. The van der Waals surface area contributed by atoms with E-state index in [1.165, 1.54) is 6.20 Å². The van der Waals surface area contributed by atoms with E-state index < -0.39 is 0 Å². The molecule has 1 aromatic carbocycles. The Morgan fingerprint density at radius 2 is 2.17 bits per heavy atom. The smallest absolute Gasteiger partial charge is 0.410 e. The third-order valence-corrected chi connectivity index (χ3v) is 4.11. The van der Waals surface area contributed by atoms with Gasteiger partial charge in [0.2, 0.25) is 5.88 Å². The highest BCUT2D eigenvalue weighted by atomic mass is 35.5. The average Bonchev–Trinajstić information content (AvgIpc) is 2.82. The Hall–Kier alpha value is -1.98. The Balaban J connectivity index is 1.74. The highest BCUT2D eigenvalue weighted by molar-refractivity contribution is 6.35. The number of carbonyl (C=O) groups is 1. The Bertz CT molecular complexity index is 782. The zero-order chi connectivity index (χ0) is 17.3. The third-order valence-electron chi connectivity index (χ3n) is 3.63. The van der Waals surface area contributed by atoms with Crippen molar-refractivity contribution >= 4 is 29.3 Å². The topological polar surface area (TPSA) is 51.7 Å². The molecule has 0 unspecified atom stereocenters. The zero-order valence-corrected chi connectivity index (χ0v) is 14.8. The van der Waals surface area contributed by atoms with Crippen LogP contribution in [0.15, 0.2) is 30.5 Å². The lowest BCUT2D eigenvalue weighted by Gasteiger charge is -2.15. The molecule has 2 heterocycles. The minimum absolute atomic E-state index is 0.0701. The van der Waals surface area contributed by atoms with Crippen molar-refractivity contribution in [3.8, 4) is 11.6 Å². The van der Waals surface area contributed by atoms with E-state index in [0.717, 1.165) is 11.1 Å². The Kier molecular flexibility index (Phi) is 4.83. The number of amides is 1. The van der Waals surface area contributed by atoms with Gasteiger partial charge in [0.25, 0.3) is 0 Å². The lowest BCUT2D eigenvalue weighted by molar-refractivity contribution is 0.137. The predicted octanol–water partition coefficient (Wildman–Crippen LogP) is 4.83. The van der Waals surface area contributed by atoms with Crippen LogP contribution in [0.25, 0.3) is 0 Å². The van der Waals surface area contributed by atoms with Crippen LogP contribution in [0.3, 0.4) is 0 Å². The number of ether oxygens (including phenoxy) is 2. The SMILES string of the molecule is Cc1cc(CN2C[C@@H](C)OC2=O)ccc1Oc1ncc(Cl)cc1Cl. The van der Waals surface area contributed by atoms with Crippen molar-refractivity contribution in [2.24, 2.45) is 0 Å². The van der Waals surface area contributed by atoms with Crippen molar-refractivity contribution < 1.29 is 14.3 Å². The fraction of sp³-hybridized carbons (Fsp3) is 0.294. The van der Waals surface area contributed by atoms with E-state index in [1.807, 2.05) is 32.0 Å². The van der Waals surface area contributed by atoms with Gasteiger partial charge in [-0.15, -0.1) is 0 Å². The lowest BCUT2D eigenvalue weighted by Crippen LogP contribution is -2.24. The number of aromatic nitrogens is 1. The van der Waals surface area contributed by atoms with Crippen LogP contribution in [-0.2, 0) is 11.3 Å². The van der Waals surface area contributed by atoms with Gasteiger partial charge in [-0.1, -0.05) is 35.3 Å². The van der Waals surface area contributed by atoms with Gasteiger partial charge in [-0.3, -0.25) is 0 Å². The highest BCUT2D eigenvalue weighted by Gasteiger charge is 2.27. The van der Waals surface area contributed by atoms with Crippen molar-refractivity contribution in [3.63, 3.8) is 0 Å². The number of benzene rings is 1. The molecule has 0 radical (unpaired) electrons. The van der Waals surface area contributed by atoms with Gasteiger partial charge in [-0.05, 0) is 37.1 Å². The maximum absolute atomic E-state index is 11.7. The Morgan fingerprint density at radius 3 is 2.79 bits per heavy atom. The fourth-order valence-electron chi connectivity index (χ4n) is 2.52. The van der Waals surface area contributed by atoms with Gasteiger partial charge in [0, 0.05) is 12.7 Å². The largest absolute Gasteiger partial charge is 0.444 e. The molecule has 0 aliphatic carbocycles. The van der Waals surface area contributed by atoms with Gasteiger partial charge < -0.3 is 14.4 Å². The van der Waals surface area contributed by atoms with Gasteiger partial charge in [0.05, 0.1) is 11.6 Å². The number of aryl methyl sites for hydroxylation is 1. The molecular weight excluding hydrogens is 351 g/mol. The molecule has 0 N–H and O–H groups in total. The van der Waals surface area contributed by atoms with Crippen molar-refractivity contribution in [2.75, 3.05) is 6.54 Å². The first-order valence-corrected chi connectivity index (χ1v) is 8.22. The van der Waals surface area contributed by atoms with E-state index in [-0.39, 0.29) is 12.2 Å². The van der Waals surface area contributed by atoms with Crippen molar-refractivity contribution in [1.82, 2.24) is 9.88 Å². The van der Waals surface area contributed by atoms with E-state index >= 15 is 0 Å². The summed E-state index contributed by atoms with van der Waals surface area (Å²) in [5, 5.41) is 0.797. The summed E-state index contributed by atoms with van der Waals surface area (Å²) in [7, 11) is 0. The van der Waals surface area contributed by atoms with Crippen LogP contribution in [0.4, 0.5) is 4.79 Å². The quantitative estimate of drug-likeness (QED) is 0.777. The van der Waals surface area contributed by atoms with E-state index in [1.54, 1.807) is 11.0 Å². The average molecular weight is 367 g/mol. The second-order valence-electron chi connectivity index (χ2n) is 5.72. The molecule has 3 rings (SSSR count). The van der Waals surface area contributed by atoms with Crippen LogP contribution < -0.4 is 4.74 Å². The highest BCUT2D eigenvalue weighted by Crippen LogP contribution is 2.31. The van der Waals surface area contributed by atoms with E-state index in [9.17, 15) is 4.79 Å². The lowest BCUT2D eigenvalue weighted by atomic mass is 10.1. The number of rotatable bonds is 4. The van der Waals surface area contributed by atoms with Crippen LogP contribution in [0.5, 0.6) is 11.6 Å². The molecular formula is C17H16Cl2N2O3. The number of hydrogen-bond acceptors (Lipinski definition) is 4. The molecule has 0 saturated carbocycles. The number of carbonyl (C=O) groups excluding carboxylic acids is 1. The maximum atomic E-state index is 11.7. The van der Waals surface area contributed by atoms with Crippen LogP contribution in [0.1, 0.15) is 18.1 Å². The molecule has 1 fully saturated rings. The number of pyridine rings is 1. The predicted molar refractivity (Wildman–Crippen MR) is 91.9 cm³/mol. The summed E-state index contributed by atoms with van der Waals surface area (Å²) in [5.41, 5.74) is 1.92. The van der Waals surface area contributed by atoms with E-state index in [0.29, 0.717) is 34.8 Å². The first-order chi connectivity index (χ1) is 11.4. The molecule has 1 aliphatic heterocycles. The molecule has 1 aromatic heterocycles. The summed E-state index contributed by atoms with van der Waals surface area (Å²) in [4.78, 5) is 17.5. The molecule has 24 heavy (non-hydrogen) atoms. The normalized spacial score (nSPS) is 17.1. The molecule has 126 valence electrons. The summed E-state index contributed by atoms with van der Waals surface area (Å²) < 4.78 is 10.9. The summed E-state index contributed by atoms with van der Waals surface area (Å²) in [5.74, 6) is 0.946. The number of halogens is 2. The fourth-order valence-corrected chi connectivity index (χ4v) is 2.94. The molecule has 7 heteroatoms. The second-order valence-corrected chi connectivity index (χ2v) is 6.56. The van der Waals surface area contributed by atoms with E-state index in [2.05, 4.69) is 4.98 Å². The summed E-state index contributed by atoms with van der Waals surface area (Å²) >= 11 is 11.9. The molecule has 0 spiro atoms. The second kappa shape index (κ2) is 6.87. The standard InChI is InChI=1S/C17H16Cl2N2O3/c1-10-5-12(9-21-8-11(2)23-17(21)22)3-4-15(10)24-16-14(19)6-13(18)7-20-16/h3-7,11H,8-9H2,1-2H3/t11-/m1/s1. The van der Waals surface area contributed by atoms with Gasteiger partial charge in [0.1, 0.15) is 16.9 Å². The summed E-state index contributed by atoms with van der Waals surface area (Å²) in [6, 6.07) is 7.29. The summed E-state index contributed by atoms with van der Waals surface area (Å²) in [6.45, 7) is 4.90. The maximum Gasteiger partial charge on any atom is 0.410 e. The van der Waals surface area contributed by atoms with Crippen LogP contribution in [0, 0.1) is 6.92 Å². The molecule has 1 amide bonds. The van der Waals surface area contributed by atoms with Gasteiger partial charge in [0.15, 0.2) is 0 Å². The van der Waals surface area contributed by atoms with E-state index in [4.69, 9.17) is 32.7 Å². The molecule has 1 aliphatic rings. The third kappa shape index (κ3) is 3.74.